The molecule has 0 atom stereocenters. The molecule has 0 spiro atoms. The van der Waals surface area contributed by atoms with Crippen molar-refractivity contribution in [3.63, 3.8) is 0 Å². The molecule has 0 fully saturated rings. The first-order chi connectivity index (χ1) is 8.75. The summed E-state index contributed by atoms with van der Waals surface area (Å²) in [4.78, 5) is 0. The van der Waals surface area contributed by atoms with Gasteiger partial charge in [0.25, 0.3) is 0 Å². The average Bonchev–Trinajstić information content (AvgIpc) is 2.38. The monoisotopic (exact) mass is 245 g/mol. The van der Waals surface area contributed by atoms with Gasteiger partial charge in [0.05, 0.1) is 5.56 Å². The Labute approximate surface area is 104 Å². The molecule has 0 unspecified atom stereocenters. The Kier molecular flexibility index (Phi) is 2.74. The lowest BCUT2D eigenvalue weighted by molar-refractivity contribution is 0.589. The van der Waals surface area contributed by atoms with Gasteiger partial charge >= 0.3 is 0 Å². The van der Waals surface area contributed by atoms with Gasteiger partial charge in [-0.1, -0.05) is 18.2 Å². The highest BCUT2D eigenvalue weighted by atomic mass is 19.1. The Balaban J connectivity index is 2.12. The number of aryl methyl sites for hydroxylation is 1. The van der Waals surface area contributed by atoms with E-state index in [-0.39, 0.29) is 5.56 Å². The van der Waals surface area contributed by atoms with E-state index in [4.69, 9.17) is 0 Å². The Morgan fingerprint density at radius 1 is 1.00 bits per heavy atom. The van der Waals surface area contributed by atoms with Gasteiger partial charge in [-0.3, -0.25) is 0 Å². The van der Waals surface area contributed by atoms with Gasteiger partial charge in [-0.2, -0.15) is 0 Å². The third-order valence-corrected chi connectivity index (χ3v) is 3.30. The maximum absolute atomic E-state index is 13.7. The zero-order valence-electron chi connectivity index (χ0n) is 9.84. The molecule has 1 N–H and O–H groups in total. The molecule has 0 aliphatic carbocycles. The number of nitrogens with one attached hydrogen (secondary N) is 1. The van der Waals surface area contributed by atoms with Crippen molar-refractivity contribution in [1.82, 2.24) is 0 Å². The first kappa shape index (κ1) is 11.2. The average molecular weight is 245 g/mol. The Morgan fingerprint density at radius 3 is 2.56 bits per heavy atom. The molecule has 2 aromatic rings. The van der Waals surface area contributed by atoms with Crippen LogP contribution in [0.4, 0.5) is 14.5 Å². The van der Waals surface area contributed by atoms with Gasteiger partial charge in [-0.25, -0.2) is 8.78 Å². The summed E-state index contributed by atoms with van der Waals surface area (Å²) in [6.45, 7) is 0.913. The fourth-order valence-electron chi connectivity index (χ4n) is 2.39. The molecule has 0 amide bonds. The molecule has 0 saturated carbocycles. The summed E-state index contributed by atoms with van der Waals surface area (Å²) < 4.78 is 27.4. The summed E-state index contributed by atoms with van der Waals surface area (Å²) in [5.41, 5.74) is 2.83. The molecule has 3 rings (SSSR count). The van der Waals surface area contributed by atoms with Crippen LogP contribution in [-0.2, 0) is 6.42 Å². The Morgan fingerprint density at radius 2 is 1.78 bits per heavy atom. The van der Waals surface area contributed by atoms with Crippen molar-refractivity contribution in [1.29, 1.82) is 0 Å². The van der Waals surface area contributed by atoms with Crippen LogP contribution in [0.25, 0.3) is 11.1 Å². The maximum atomic E-state index is 13.7. The molecule has 3 heteroatoms. The normalized spacial score (nSPS) is 13.9. The lowest BCUT2D eigenvalue weighted by Gasteiger charge is -2.19. The van der Waals surface area contributed by atoms with Crippen LogP contribution in [0, 0.1) is 11.6 Å². The van der Waals surface area contributed by atoms with Crippen molar-refractivity contribution in [2.75, 3.05) is 11.9 Å². The number of benzene rings is 2. The van der Waals surface area contributed by atoms with E-state index in [0.717, 1.165) is 25.1 Å². The van der Waals surface area contributed by atoms with Gasteiger partial charge in [-0.05, 0) is 42.2 Å². The summed E-state index contributed by atoms with van der Waals surface area (Å²) in [5, 5.41) is 3.27. The van der Waals surface area contributed by atoms with E-state index in [2.05, 4.69) is 5.32 Å². The second kappa shape index (κ2) is 4.41. The van der Waals surface area contributed by atoms with E-state index >= 15 is 0 Å². The van der Waals surface area contributed by atoms with Gasteiger partial charge in [0.15, 0.2) is 0 Å². The van der Waals surface area contributed by atoms with Crippen molar-refractivity contribution < 1.29 is 8.78 Å². The van der Waals surface area contributed by atoms with Crippen molar-refractivity contribution >= 4 is 5.69 Å². The van der Waals surface area contributed by atoms with E-state index < -0.39 is 11.6 Å². The van der Waals surface area contributed by atoms with Crippen LogP contribution in [0.5, 0.6) is 0 Å². The number of halogens is 2. The Hall–Kier alpha value is -1.90. The molecule has 1 aliphatic rings. The molecule has 1 heterocycles. The van der Waals surface area contributed by atoms with Crippen LogP contribution in [0.2, 0.25) is 0 Å². The lowest BCUT2D eigenvalue weighted by Crippen LogP contribution is -2.11. The van der Waals surface area contributed by atoms with E-state index in [1.165, 1.54) is 23.8 Å². The molecule has 1 aliphatic heterocycles. The standard InChI is InChI=1S/C15H13F2N/c16-12-4-1-5-13(17)15(12)11-7-6-10-3-2-8-18-14(10)9-11/h1,4-7,9,18H,2-3,8H2. The van der Waals surface area contributed by atoms with Crippen molar-refractivity contribution in [2.24, 2.45) is 0 Å². The van der Waals surface area contributed by atoms with Crippen LogP contribution in [0.1, 0.15) is 12.0 Å². The molecule has 0 radical (unpaired) electrons. The molecule has 1 nitrogen and oxygen atoms in total. The van der Waals surface area contributed by atoms with Crippen LogP contribution in [0.3, 0.4) is 0 Å². The second-order valence-electron chi connectivity index (χ2n) is 4.50. The van der Waals surface area contributed by atoms with Crippen molar-refractivity contribution in [2.45, 2.75) is 12.8 Å². The third kappa shape index (κ3) is 1.86. The van der Waals surface area contributed by atoms with Crippen LogP contribution in [-0.4, -0.2) is 6.54 Å². The predicted molar refractivity (Wildman–Crippen MR) is 68.6 cm³/mol. The molecule has 0 saturated heterocycles. The van der Waals surface area contributed by atoms with Gasteiger partial charge in [-0.15, -0.1) is 0 Å². The lowest BCUT2D eigenvalue weighted by atomic mass is 9.97. The summed E-state index contributed by atoms with van der Waals surface area (Å²) in [6, 6.07) is 9.51. The minimum absolute atomic E-state index is 0.0488. The van der Waals surface area contributed by atoms with Crippen molar-refractivity contribution in [3.8, 4) is 11.1 Å². The fourth-order valence-corrected chi connectivity index (χ4v) is 2.39. The second-order valence-corrected chi connectivity index (χ2v) is 4.50. The number of rotatable bonds is 1. The summed E-state index contributed by atoms with van der Waals surface area (Å²) >= 11 is 0. The molecule has 0 aromatic heterocycles. The topological polar surface area (TPSA) is 12.0 Å². The SMILES string of the molecule is Fc1cccc(F)c1-c1ccc2c(c1)NCCC2. The number of fused-ring (bicyclic) bond motifs is 1. The molecule has 2 aromatic carbocycles. The quantitative estimate of drug-likeness (QED) is 0.801. The molecular weight excluding hydrogens is 232 g/mol. The number of anilines is 1. The highest BCUT2D eigenvalue weighted by Crippen LogP contribution is 2.31. The van der Waals surface area contributed by atoms with Crippen molar-refractivity contribution in [3.05, 3.63) is 53.6 Å². The zero-order valence-corrected chi connectivity index (χ0v) is 9.84. The van der Waals surface area contributed by atoms with E-state index in [0.29, 0.717) is 5.56 Å². The highest BCUT2D eigenvalue weighted by Gasteiger charge is 2.14. The summed E-state index contributed by atoms with van der Waals surface area (Å²) in [5.74, 6) is -1.04. The van der Waals surface area contributed by atoms with Crippen LogP contribution >= 0.6 is 0 Å². The highest BCUT2D eigenvalue weighted by molar-refractivity contribution is 5.71. The first-order valence-electron chi connectivity index (χ1n) is 6.07. The van der Waals surface area contributed by atoms with E-state index in [1.807, 2.05) is 12.1 Å². The van der Waals surface area contributed by atoms with Crippen LogP contribution in [0.15, 0.2) is 36.4 Å². The zero-order chi connectivity index (χ0) is 12.5. The third-order valence-electron chi connectivity index (χ3n) is 3.30. The molecule has 0 bridgehead atoms. The van der Waals surface area contributed by atoms with Gasteiger partial charge in [0.2, 0.25) is 0 Å². The maximum Gasteiger partial charge on any atom is 0.133 e. The minimum atomic E-state index is -0.522. The fraction of sp³-hybridized carbons (Fsp3) is 0.200. The largest absolute Gasteiger partial charge is 0.385 e. The van der Waals surface area contributed by atoms with Gasteiger partial charge in [0, 0.05) is 12.2 Å². The first-order valence-corrected chi connectivity index (χ1v) is 6.07. The summed E-state index contributed by atoms with van der Waals surface area (Å²) in [7, 11) is 0. The summed E-state index contributed by atoms with van der Waals surface area (Å²) in [6.07, 6.45) is 2.11. The Bertz CT molecular complexity index is 573. The van der Waals surface area contributed by atoms with Gasteiger partial charge in [0.1, 0.15) is 11.6 Å². The van der Waals surface area contributed by atoms with Gasteiger partial charge < -0.3 is 5.32 Å². The molecular formula is C15H13F2N. The number of hydrogen-bond acceptors (Lipinski definition) is 1. The number of hydrogen-bond donors (Lipinski definition) is 1. The smallest absolute Gasteiger partial charge is 0.133 e. The van der Waals surface area contributed by atoms with Crippen LogP contribution < -0.4 is 5.32 Å². The molecule has 92 valence electrons. The molecule has 18 heavy (non-hydrogen) atoms. The van der Waals surface area contributed by atoms with E-state index in [1.54, 1.807) is 6.07 Å². The predicted octanol–water partition coefficient (Wildman–Crippen LogP) is 3.99. The minimum Gasteiger partial charge on any atom is -0.385 e. The van der Waals surface area contributed by atoms with E-state index in [9.17, 15) is 8.78 Å².